The lowest BCUT2D eigenvalue weighted by molar-refractivity contribution is -0.133. The van der Waals surface area contributed by atoms with Gasteiger partial charge >= 0.3 is 0 Å². The van der Waals surface area contributed by atoms with Gasteiger partial charge in [-0.2, -0.15) is 0 Å². The van der Waals surface area contributed by atoms with Gasteiger partial charge in [-0.25, -0.2) is 0 Å². The molecule has 0 aromatic heterocycles. The number of aliphatic hydroxyl groups is 1. The van der Waals surface area contributed by atoms with Crippen LogP contribution in [0.1, 0.15) is 26.7 Å². The second kappa shape index (κ2) is 17.2. The molecule has 2 unspecified atom stereocenters. The number of likely N-dealkylation sites (N-methyl/N-ethyl adjacent to an activating group) is 1. The van der Waals surface area contributed by atoms with Crippen LogP contribution in [-0.2, 0) is 24.0 Å². The zero-order chi connectivity index (χ0) is 24.5. The van der Waals surface area contributed by atoms with Crippen LogP contribution < -0.4 is 26.6 Å². The van der Waals surface area contributed by atoms with E-state index in [1.807, 2.05) is 6.92 Å². The molecule has 0 spiro atoms. The van der Waals surface area contributed by atoms with Gasteiger partial charge in [0.1, 0.15) is 12.1 Å². The standard InChI is InChI=1S/C19H36N6O6S/c1-5-6-7-20-16(28)8-21-18(30)15(11-32-12-22-13(2)27)24-19(31)14(10-26)23-17(29)9-25(3)4/h14-15,26H,5-12H2,1-4H3,(H,20,28)(H,21,30)(H,22,27)(H,23,29)(H,24,31). The zero-order valence-electron chi connectivity index (χ0n) is 19.2. The number of carbonyl (C=O) groups excluding carboxylic acids is 5. The lowest BCUT2D eigenvalue weighted by Gasteiger charge is -2.22. The molecule has 0 saturated carbocycles. The van der Waals surface area contributed by atoms with Gasteiger partial charge < -0.3 is 36.6 Å². The largest absolute Gasteiger partial charge is 0.394 e. The Balaban J connectivity index is 4.95. The Bertz CT molecular complexity index is 633. The van der Waals surface area contributed by atoms with Gasteiger partial charge in [-0.1, -0.05) is 13.3 Å². The normalized spacial score (nSPS) is 12.4. The van der Waals surface area contributed by atoms with Gasteiger partial charge in [-0.05, 0) is 20.5 Å². The lowest BCUT2D eigenvalue weighted by Crippen LogP contribution is -2.57. The predicted octanol–water partition coefficient (Wildman–Crippen LogP) is -2.63. The molecule has 0 fully saturated rings. The van der Waals surface area contributed by atoms with Gasteiger partial charge in [-0.3, -0.25) is 24.0 Å². The van der Waals surface area contributed by atoms with Crippen molar-refractivity contribution in [1.82, 2.24) is 31.5 Å². The quantitative estimate of drug-likeness (QED) is 0.104. The average Bonchev–Trinajstić information content (AvgIpc) is 2.71. The fourth-order valence-electron chi connectivity index (χ4n) is 2.26. The number of nitrogens with zero attached hydrogens (tertiary/aromatic N) is 1. The number of hydrogen-bond donors (Lipinski definition) is 6. The highest BCUT2D eigenvalue weighted by atomic mass is 32.2. The van der Waals surface area contributed by atoms with E-state index in [-0.39, 0.29) is 36.5 Å². The molecule has 184 valence electrons. The molecular weight excluding hydrogens is 440 g/mol. The Morgan fingerprint density at radius 1 is 0.938 bits per heavy atom. The van der Waals surface area contributed by atoms with Crippen LogP contribution in [0.3, 0.4) is 0 Å². The maximum absolute atomic E-state index is 12.6. The molecule has 0 heterocycles. The van der Waals surface area contributed by atoms with Crippen molar-refractivity contribution in [2.24, 2.45) is 0 Å². The number of rotatable bonds is 16. The Labute approximate surface area is 193 Å². The van der Waals surface area contributed by atoms with E-state index in [1.54, 1.807) is 19.0 Å². The maximum Gasteiger partial charge on any atom is 0.245 e. The summed E-state index contributed by atoms with van der Waals surface area (Å²) in [5, 5.41) is 22.1. The third kappa shape index (κ3) is 14.6. The molecule has 0 aromatic carbocycles. The van der Waals surface area contributed by atoms with Crippen LogP contribution >= 0.6 is 11.8 Å². The van der Waals surface area contributed by atoms with Gasteiger partial charge in [0.2, 0.25) is 29.5 Å². The van der Waals surface area contributed by atoms with Gasteiger partial charge in [0.25, 0.3) is 0 Å². The van der Waals surface area contributed by atoms with Crippen molar-refractivity contribution in [2.75, 3.05) is 52.0 Å². The van der Waals surface area contributed by atoms with E-state index in [2.05, 4.69) is 26.6 Å². The minimum atomic E-state index is -1.24. The molecule has 0 aliphatic rings. The number of unbranched alkanes of at least 4 members (excludes halogenated alkanes) is 1. The molecule has 13 heteroatoms. The molecule has 2 atom stereocenters. The summed E-state index contributed by atoms with van der Waals surface area (Å²) in [6, 6.07) is -2.29. The second-order valence-electron chi connectivity index (χ2n) is 7.27. The predicted molar refractivity (Wildman–Crippen MR) is 122 cm³/mol. The van der Waals surface area contributed by atoms with Crippen molar-refractivity contribution in [3.05, 3.63) is 0 Å². The van der Waals surface area contributed by atoms with Crippen LogP contribution in [0.15, 0.2) is 0 Å². The van der Waals surface area contributed by atoms with Crippen molar-refractivity contribution in [3.8, 4) is 0 Å². The molecule has 6 N–H and O–H groups in total. The van der Waals surface area contributed by atoms with Crippen molar-refractivity contribution in [3.63, 3.8) is 0 Å². The summed E-state index contributed by atoms with van der Waals surface area (Å²) in [5.74, 6) is -2.09. The van der Waals surface area contributed by atoms with Crippen LogP contribution in [0.4, 0.5) is 0 Å². The summed E-state index contributed by atoms with van der Waals surface area (Å²) in [5.41, 5.74) is 0. The van der Waals surface area contributed by atoms with Crippen LogP contribution in [0.5, 0.6) is 0 Å². The van der Waals surface area contributed by atoms with Gasteiger partial charge in [0, 0.05) is 19.2 Å². The third-order valence-electron chi connectivity index (χ3n) is 3.91. The fraction of sp³-hybridized carbons (Fsp3) is 0.737. The first kappa shape index (κ1) is 29.6. The molecule has 5 amide bonds. The smallest absolute Gasteiger partial charge is 0.245 e. The van der Waals surface area contributed by atoms with E-state index >= 15 is 0 Å². The summed E-state index contributed by atoms with van der Waals surface area (Å²) < 4.78 is 0. The summed E-state index contributed by atoms with van der Waals surface area (Å²) >= 11 is 1.19. The average molecular weight is 477 g/mol. The molecule has 32 heavy (non-hydrogen) atoms. The summed E-state index contributed by atoms with van der Waals surface area (Å²) in [4.78, 5) is 61.4. The fourth-order valence-corrected chi connectivity index (χ4v) is 3.16. The number of aliphatic hydroxyl groups excluding tert-OH is 1. The molecule has 12 nitrogen and oxygen atoms in total. The van der Waals surface area contributed by atoms with Crippen LogP contribution in [0.25, 0.3) is 0 Å². The minimum absolute atomic E-state index is 0.0212. The van der Waals surface area contributed by atoms with Crippen molar-refractivity contribution < 1.29 is 29.1 Å². The Hall–Kier alpha value is -2.38. The van der Waals surface area contributed by atoms with E-state index in [0.717, 1.165) is 12.8 Å². The number of amides is 5. The summed E-state index contributed by atoms with van der Waals surface area (Å²) in [6.45, 7) is 2.96. The first-order valence-corrected chi connectivity index (χ1v) is 11.5. The third-order valence-corrected chi connectivity index (χ3v) is 4.83. The van der Waals surface area contributed by atoms with E-state index in [4.69, 9.17) is 0 Å². The van der Waals surface area contributed by atoms with Crippen LogP contribution in [0.2, 0.25) is 0 Å². The Morgan fingerprint density at radius 3 is 2.19 bits per heavy atom. The minimum Gasteiger partial charge on any atom is -0.394 e. The second-order valence-corrected chi connectivity index (χ2v) is 8.30. The molecule has 0 aliphatic carbocycles. The molecule has 0 radical (unpaired) electrons. The molecule has 0 saturated heterocycles. The molecule has 0 aliphatic heterocycles. The Kier molecular flexibility index (Phi) is 15.9. The monoisotopic (exact) mass is 476 g/mol. The van der Waals surface area contributed by atoms with Gasteiger partial charge in [-0.15, -0.1) is 11.8 Å². The van der Waals surface area contributed by atoms with Crippen molar-refractivity contribution in [1.29, 1.82) is 0 Å². The molecular formula is C19H36N6O6S. The topological polar surface area (TPSA) is 169 Å². The summed E-state index contributed by atoms with van der Waals surface area (Å²) in [7, 11) is 3.36. The summed E-state index contributed by atoms with van der Waals surface area (Å²) in [6.07, 6.45) is 1.74. The van der Waals surface area contributed by atoms with Crippen molar-refractivity contribution in [2.45, 2.75) is 38.8 Å². The van der Waals surface area contributed by atoms with E-state index < -0.39 is 36.4 Å². The first-order chi connectivity index (χ1) is 15.1. The highest BCUT2D eigenvalue weighted by Crippen LogP contribution is 2.02. The van der Waals surface area contributed by atoms with E-state index in [0.29, 0.717) is 6.54 Å². The van der Waals surface area contributed by atoms with E-state index in [1.165, 1.54) is 18.7 Å². The van der Waals surface area contributed by atoms with E-state index in [9.17, 15) is 29.1 Å². The lowest BCUT2D eigenvalue weighted by atomic mass is 10.2. The zero-order valence-corrected chi connectivity index (χ0v) is 20.0. The highest BCUT2D eigenvalue weighted by molar-refractivity contribution is 7.99. The highest BCUT2D eigenvalue weighted by Gasteiger charge is 2.26. The maximum atomic E-state index is 12.6. The molecule has 0 bridgehead atoms. The van der Waals surface area contributed by atoms with Crippen LogP contribution in [-0.4, -0.2) is 104 Å². The first-order valence-electron chi connectivity index (χ1n) is 10.3. The number of hydrogen-bond acceptors (Lipinski definition) is 8. The number of carbonyl (C=O) groups is 5. The Morgan fingerprint density at radius 2 is 1.62 bits per heavy atom. The molecule has 0 rings (SSSR count). The molecule has 0 aromatic rings. The SMILES string of the molecule is CCCCNC(=O)CNC(=O)C(CSCNC(C)=O)NC(=O)C(CO)NC(=O)CN(C)C. The number of thioether (sulfide) groups is 1. The van der Waals surface area contributed by atoms with Crippen LogP contribution in [0, 0.1) is 0 Å². The van der Waals surface area contributed by atoms with Gasteiger partial charge in [0.05, 0.1) is 25.6 Å². The van der Waals surface area contributed by atoms with Gasteiger partial charge in [0.15, 0.2) is 0 Å². The van der Waals surface area contributed by atoms with Crippen molar-refractivity contribution >= 4 is 41.3 Å². The number of nitrogens with one attached hydrogen (secondary N) is 5.